The van der Waals surface area contributed by atoms with Crippen molar-refractivity contribution in [2.75, 3.05) is 13.6 Å². The van der Waals surface area contributed by atoms with Crippen LogP contribution in [-0.4, -0.2) is 29.5 Å². The van der Waals surface area contributed by atoms with Crippen LogP contribution in [0.3, 0.4) is 0 Å². The highest BCUT2D eigenvalue weighted by atomic mass is 16.5. The predicted molar refractivity (Wildman–Crippen MR) is 196 cm³/mol. The zero-order chi connectivity index (χ0) is 33.5. The van der Waals surface area contributed by atoms with E-state index in [0.29, 0.717) is 12.0 Å². The van der Waals surface area contributed by atoms with Crippen molar-refractivity contribution in [3.8, 4) is 5.75 Å². The van der Waals surface area contributed by atoms with E-state index >= 15 is 0 Å². The Morgan fingerprint density at radius 2 is 1.58 bits per heavy atom. The normalized spacial score (nSPS) is 17.4. The highest BCUT2D eigenvalue weighted by Gasteiger charge is 2.37. The van der Waals surface area contributed by atoms with Crippen molar-refractivity contribution in [3.05, 3.63) is 111 Å². The Kier molecular flexibility index (Phi) is 16.6. The zero-order valence-corrected chi connectivity index (χ0v) is 30.5. The fraction of sp³-hybridized carbons (Fsp3) is 0.512. The Morgan fingerprint density at radius 1 is 0.889 bits per heavy atom. The molecule has 5 rings (SSSR count). The minimum atomic E-state index is 0.334. The zero-order valence-electron chi connectivity index (χ0n) is 30.5. The van der Waals surface area contributed by atoms with Crippen molar-refractivity contribution in [1.29, 1.82) is 0 Å². The number of allylic oxidation sites excluding steroid dienone is 2. The number of hydrogen-bond donors (Lipinski definition) is 1. The average molecular weight is 614 g/mol. The number of benzene rings is 3. The van der Waals surface area contributed by atoms with Gasteiger partial charge in [0.25, 0.3) is 0 Å². The summed E-state index contributed by atoms with van der Waals surface area (Å²) >= 11 is 0. The quantitative estimate of drug-likeness (QED) is 0.156. The van der Waals surface area contributed by atoms with E-state index in [2.05, 4.69) is 100 Å². The molecule has 248 valence electrons. The van der Waals surface area contributed by atoms with Crippen LogP contribution in [0.5, 0.6) is 5.75 Å². The van der Waals surface area contributed by atoms with Gasteiger partial charge < -0.3 is 9.64 Å². The average Bonchev–Trinajstić information content (AvgIpc) is 3.20. The van der Waals surface area contributed by atoms with E-state index in [0.717, 1.165) is 63.2 Å². The van der Waals surface area contributed by atoms with Gasteiger partial charge in [-0.3, -0.25) is 5.84 Å². The summed E-state index contributed by atoms with van der Waals surface area (Å²) in [6, 6.07) is 22.6. The van der Waals surface area contributed by atoms with Crippen LogP contribution in [0.1, 0.15) is 126 Å². The summed E-state index contributed by atoms with van der Waals surface area (Å²) in [4.78, 5) is 2.59. The number of hydrogen-bond acceptors (Lipinski definition) is 4. The molecule has 2 atom stereocenters. The Balaban J connectivity index is 0.00000111. The third-order valence-corrected chi connectivity index (χ3v) is 8.88. The number of likely N-dealkylation sites (N-methyl/N-ethyl adjacent to an activating group) is 1. The van der Waals surface area contributed by atoms with Gasteiger partial charge in [0.15, 0.2) is 0 Å². The van der Waals surface area contributed by atoms with Crippen LogP contribution >= 0.6 is 0 Å². The van der Waals surface area contributed by atoms with Gasteiger partial charge in [0.1, 0.15) is 5.75 Å². The van der Waals surface area contributed by atoms with Gasteiger partial charge in [-0.2, -0.15) is 0 Å². The number of rotatable bonds is 8. The van der Waals surface area contributed by atoms with E-state index in [4.69, 9.17) is 10.6 Å². The summed E-state index contributed by atoms with van der Waals surface area (Å²) in [5.74, 6) is 8.93. The van der Waals surface area contributed by atoms with Gasteiger partial charge >= 0.3 is 0 Å². The Hall–Kier alpha value is -2.92. The lowest BCUT2D eigenvalue weighted by atomic mass is 9.73. The Labute approximate surface area is 276 Å². The molecule has 2 unspecified atom stereocenters. The molecule has 0 radical (unpaired) electrons. The van der Waals surface area contributed by atoms with Crippen LogP contribution < -0.4 is 10.6 Å². The van der Waals surface area contributed by atoms with Crippen molar-refractivity contribution in [2.45, 2.75) is 126 Å². The molecule has 2 aliphatic rings. The molecule has 0 aromatic heterocycles. The van der Waals surface area contributed by atoms with Crippen molar-refractivity contribution >= 4 is 0 Å². The van der Waals surface area contributed by atoms with E-state index < -0.39 is 0 Å². The number of nitrogens with zero attached hydrogens (tertiary/aromatic N) is 2. The largest absolute Gasteiger partial charge is 0.462 e. The van der Waals surface area contributed by atoms with E-state index in [9.17, 15) is 0 Å². The lowest BCUT2D eigenvalue weighted by Crippen LogP contribution is -2.40. The maximum absolute atomic E-state index is 6.56. The molecule has 0 bridgehead atoms. The second kappa shape index (κ2) is 19.6. The maximum Gasteiger partial charge on any atom is 0.130 e. The SMILES string of the molecule is CC.CC.CC.CCC/C(C)=C(\C)Oc1cc2c(cc1C)CCN(C)C1CCc3c(CN(N)Cc4ccccc4)cccc3C21. The molecule has 3 aromatic rings. The molecule has 4 nitrogen and oxygen atoms in total. The van der Waals surface area contributed by atoms with Gasteiger partial charge in [-0.05, 0) is 104 Å². The van der Waals surface area contributed by atoms with Crippen LogP contribution in [0.25, 0.3) is 0 Å². The molecule has 45 heavy (non-hydrogen) atoms. The molecule has 1 aliphatic carbocycles. The highest BCUT2D eigenvalue weighted by molar-refractivity contribution is 5.52. The van der Waals surface area contributed by atoms with Gasteiger partial charge in [0.05, 0.1) is 5.76 Å². The van der Waals surface area contributed by atoms with Gasteiger partial charge in [-0.1, -0.05) is 109 Å². The van der Waals surface area contributed by atoms with Crippen LogP contribution in [0.2, 0.25) is 0 Å². The Morgan fingerprint density at radius 3 is 2.24 bits per heavy atom. The monoisotopic (exact) mass is 613 g/mol. The first kappa shape index (κ1) is 38.3. The molecule has 4 heteroatoms. The number of ether oxygens (including phenoxy) is 1. The van der Waals surface area contributed by atoms with Gasteiger partial charge in [-0.15, -0.1) is 0 Å². The second-order valence-corrected chi connectivity index (χ2v) is 11.7. The molecule has 3 aromatic carbocycles. The molecule has 2 N–H and O–H groups in total. The van der Waals surface area contributed by atoms with Gasteiger partial charge in [0, 0.05) is 31.6 Å². The number of nitrogens with two attached hydrogens (primary N) is 1. The molecule has 0 saturated heterocycles. The number of fused-ring (bicyclic) bond motifs is 5. The highest BCUT2D eigenvalue weighted by Crippen LogP contribution is 2.45. The summed E-state index contributed by atoms with van der Waals surface area (Å²) < 4.78 is 6.54. The molecule has 1 aliphatic heterocycles. The second-order valence-electron chi connectivity index (χ2n) is 11.7. The molecule has 1 heterocycles. The van der Waals surface area contributed by atoms with E-state index in [1.165, 1.54) is 44.5 Å². The van der Waals surface area contributed by atoms with Gasteiger partial charge in [0.2, 0.25) is 0 Å². The van der Waals surface area contributed by atoms with Crippen LogP contribution in [0.4, 0.5) is 0 Å². The van der Waals surface area contributed by atoms with Crippen LogP contribution in [0.15, 0.2) is 72.0 Å². The van der Waals surface area contributed by atoms with Crippen LogP contribution in [0, 0.1) is 6.92 Å². The minimum absolute atomic E-state index is 0.334. The molecule has 0 amide bonds. The summed E-state index contributed by atoms with van der Waals surface area (Å²) in [6.45, 7) is 23.3. The van der Waals surface area contributed by atoms with Crippen molar-refractivity contribution in [3.63, 3.8) is 0 Å². The smallest absolute Gasteiger partial charge is 0.130 e. The minimum Gasteiger partial charge on any atom is -0.462 e. The first-order chi connectivity index (χ1) is 21.9. The molecular weight excluding hydrogens is 550 g/mol. The topological polar surface area (TPSA) is 41.7 Å². The molecular formula is C41H63N3O. The summed E-state index contributed by atoms with van der Waals surface area (Å²) in [5.41, 5.74) is 11.0. The molecule has 0 saturated carbocycles. The van der Waals surface area contributed by atoms with Crippen LogP contribution in [-0.2, 0) is 25.9 Å². The Bertz CT molecular complexity index is 1330. The first-order valence-electron chi connectivity index (χ1n) is 17.7. The van der Waals surface area contributed by atoms with E-state index in [1.807, 2.05) is 46.6 Å². The maximum atomic E-state index is 6.56. The molecule has 0 fully saturated rings. The fourth-order valence-corrected chi connectivity index (χ4v) is 6.65. The number of aryl methyl sites for hydroxylation is 1. The summed E-state index contributed by atoms with van der Waals surface area (Å²) in [5, 5.41) is 1.95. The van der Waals surface area contributed by atoms with E-state index in [-0.39, 0.29) is 0 Å². The third kappa shape index (κ3) is 9.78. The summed E-state index contributed by atoms with van der Waals surface area (Å²) in [6.07, 6.45) is 5.54. The number of hydrazine groups is 1. The predicted octanol–water partition coefficient (Wildman–Crippen LogP) is 10.4. The van der Waals surface area contributed by atoms with Crippen molar-refractivity contribution in [1.82, 2.24) is 9.91 Å². The third-order valence-electron chi connectivity index (χ3n) is 8.88. The van der Waals surface area contributed by atoms with Crippen molar-refractivity contribution < 1.29 is 4.74 Å². The van der Waals surface area contributed by atoms with Crippen molar-refractivity contribution in [2.24, 2.45) is 5.84 Å². The fourth-order valence-electron chi connectivity index (χ4n) is 6.65. The lowest BCUT2D eigenvalue weighted by Gasteiger charge is -2.39. The van der Waals surface area contributed by atoms with Gasteiger partial charge in [-0.25, -0.2) is 5.01 Å². The standard InChI is InChI=1S/C35H45N3O.3C2H6/c1-6-11-24(2)26(4)39-34-21-32-28(20-25(34)3)18-19-37(5)33-17-16-30-29(14-10-15-31(30)35(32)33)23-38(36)22-27-12-8-7-9-13-27;3*1-2/h7-10,12-15,20-21,33,35H,6,11,16-19,22-23,36H2,1-5H3;3*1-2H3/b26-24+;;;. The summed E-state index contributed by atoms with van der Waals surface area (Å²) in [7, 11) is 2.31. The van der Waals surface area contributed by atoms with E-state index in [1.54, 1.807) is 0 Å². The first-order valence-corrected chi connectivity index (χ1v) is 17.7. The lowest BCUT2D eigenvalue weighted by molar-refractivity contribution is 0.212. The molecule has 0 spiro atoms.